The lowest BCUT2D eigenvalue weighted by molar-refractivity contribution is 0.0962. The van der Waals surface area contributed by atoms with Crippen LogP contribution in [0.4, 0.5) is 5.69 Å². The number of anilines is 1. The molecular weight excluding hydrogens is 400 g/mol. The molecule has 1 aromatic heterocycles. The third-order valence-electron chi connectivity index (χ3n) is 6.06. The van der Waals surface area contributed by atoms with E-state index in [-0.39, 0.29) is 11.9 Å². The Morgan fingerprint density at radius 1 is 0.871 bits per heavy atom. The fourth-order valence-electron chi connectivity index (χ4n) is 4.47. The number of carbonyl (C=O) groups is 1. The number of likely N-dealkylation sites (tertiary alicyclic amines) is 1. The smallest absolute Gasteiger partial charge is 0.268 e. The van der Waals surface area contributed by atoms with Gasteiger partial charge in [0.25, 0.3) is 5.91 Å². The minimum Gasteiger partial charge on any atom is -0.305 e. The van der Waals surface area contributed by atoms with Gasteiger partial charge in [0.15, 0.2) is 0 Å². The number of rotatable bonds is 5. The number of hydrogen-bond acceptors (Lipinski definition) is 3. The van der Waals surface area contributed by atoms with Gasteiger partial charge in [0.05, 0.1) is 4.88 Å². The van der Waals surface area contributed by atoms with Crippen molar-refractivity contribution in [2.75, 3.05) is 18.0 Å². The van der Waals surface area contributed by atoms with Crippen LogP contribution in [0.3, 0.4) is 0 Å². The van der Waals surface area contributed by atoms with Crippen molar-refractivity contribution >= 4 is 33.0 Å². The third-order valence-corrected chi connectivity index (χ3v) is 7.16. The third kappa shape index (κ3) is 4.41. The molecule has 0 bridgehead atoms. The molecule has 3 aromatic carbocycles. The second kappa shape index (κ2) is 9.04. The topological polar surface area (TPSA) is 23.6 Å². The van der Waals surface area contributed by atoms with E-state index >= 15 is 0 Å². The zero-order valence-electron chi connectivity index (χ0n) is 17.5. The summed E-state index contributed by atoms with van der Waals surface area (Å²) < 4.78 is 1.16. The summed E-state index contributed by atoms with van der Waals surface area (Å²) in [4.78, 5) is 19.1. The molecule has 1 aliphatic rings. The van der Waals surface area contributed by atoms with Crippen molar-refractivity contribution in [2.45, 2.75) is 25.4 Å². The first-order valence-corrected chi connectivity index (χ1v) is 11.7. The van der Waals surface area contributed by atoms with Crippen molar-refractivity contribution in [3.63, 3.8) is 0 Å². The number of para-hydroxylation sites is 1. The van der Waals surface area contributed by atoms with Crippen LogP contribution in [-0.4, -0.2) is 29.9 Å². The minimum atomic E-state index is 0.119. The molecule has 2 heterocycles. The fourth-order valence-corrected chi connectivity index (χ4v) is 5.47. The van der Waals surface area contributed by atoms with Gasteiger partial charge in [-0.05, 0) is 48.1 Å². The molecule has 0 atom stereocenters. The van der Waals surface area contributed by atoms with Crippen molar-refractivity contribution < 1.29 is 4.79 Å². The van der Waals surface area contributed by atoms with Gasteiger partial charge in [-0.3, -0.25) is 9.69 Å². The van der Waals surface area contributed by atoms with E-state index < -0.39 is 0 Å². The Hall–Kier alpha value is -2.95. The van der Waals surface area contributed by atoms with Crippen LogP contribution in [0.1, 0.15) is 28.1 Å². The molecule has 0 radical (unpaired) electrons. The number of thiophene rings is 1. The van der Waals surface area contributed by atoms with Gasteiger partial charge in [-0.1, -0.05) is 66.7 Å². The number of benzene rings is 3. The fraction of sp³-hybridized carbons (Fsp3) is 0.222. The highest BCUT2D eigenvalue weighted by molar-refractivity contribution is 7.20. The molecule has 0 saturated carbocycles. The van der Waals surface area contributed by atoms with Crippen LogP contribution in [0.5, 0.6) is 0 Å². The van der Waals surface area contributed by atoms with Crippen LogP contribution in [-0.2, 0) is 6.54 Å². The van der Waals surface area contributed by atoms with E-state index in [9.17, 15) is 4.79 Å². The Kier molecular flexibility index (Phi) is 5.83. The van der Waals surface area contributed by atoms with Gasteiger partial charge in [-0.2, -0.15) is 0 Å². The van der Waals surface area contributed by atoms with E-state index in [0.717, 1.165) is 53.1 Å². The first kappa shape index (κ1) is 20.0. The Labute approximate surface area is 187 Å². The van der Waals surface area contributed by atoms with Crippen LogP contribution in [0.25, 0.3) is 10.1 Å². The molecule has 1 saturated heterocycles. The summed E-state index contributed by atoms with van der Waals surface area (Å²) in [5, 5.41) is 1.14. The molecule has 3 nitrogen and oxygen atoms in total. The molecule has 156 valence electrons. The summed E-state index contributed by atoms with van der Waals surface area (Å²) in [6.45, 7) is 2.98. The van der Waals surface area contributed by atoms with E-state index in [0.29, 0.717) is 0 Å². The quantitative estimate of drug-likeness (QED) is 0.379. The summed E-state index contributed by atoms with van der Waals surface area (Å²) in [5.41, 5.74) is 2.34. The number of carbonyl (C=O) groups excluding carboxylic acids is 1. The molecule has 1 amide bonds. The number of fused-ring (bicyclic) bond motifs is 1. The highest BCUT2D eigenvalue weighted by Gasteiger charge is 2.30. The van der Waals surface area contributed by atoms with Crippen LogP contribution < -0.4 is 4.90 Å². The van der Waals surface area contributed by atoms with Gasteiger partial charge in [-0.25, -0.2) is 0 Å². The first-order valence-electron chi connectivity index (χ1n) is 10.9. The minimum absolute atomic E-state index is 0.119. The Morgan fingerprint density at radius 2 is 1.52 bits per heavy atom. The lowest BCUT2D eigenvalue weighted by Crippen LogP contribution is -2.47. The van der Waals surface area contributed by atoms with Gasteiger partial charge in [0.2, 0.25) is 0 Å². The monoisotopic (exact) mass is 426 g/mol. The zero-order chi connectivity index (χ0) is 21.0. The molecule has 4 heteroatoms. The molecule has 4 aromatic rings. The van der Waals surface area contributed by atoms with Gasteiger partial charge < -0.3 is 4.90 Å². The van der Waals surface area contributed by atoms with Gasteiger partial charge in [0, 0.05) is 36.1 Å². The Balaban J connectivity index is 1.36. The maximum absolute atomic E-state index is 13.7. The van der Waals surface area contributed by atoms with Gasteiger partial charge in [-0.15, -0.1) is 11.3 Å². The van der Waals surface area contributed by atoms with Crippen molar-refractivity contribution in [2.24, 2.45) is 0 Å². The zero-order valence-corrected chi connectivity index (χ0v) is 18.3. The van der Waals surface area contributed by atoms with Crippen LogP contribution >= 0.6 is 11.3 Å². The summed E-state index contributed by atoms with van der Waals surface area (Å²) in [5.74, 6) is 0.119. The molecule has 31 heavy (non-hydrogen) atoms. The van der Waals surface area contributed by atoms with Crippen molar-refractivity contribution in [3.8, 4) is 0 Å². The standard InChI is InChI=1S/C27H26N2OS/c30-27(26-19-22-11-7-8-14-25(22)31-26)29(23-12-5-2-6-13-23)24-15-17-28(18-16-24)20-21-9-3-1-4-10-21/h1-14,19,24H,15-18,20H2. The second-order valence-corrected chi connectivity index (χ2v) is 9.24. The summed E-state index contributed by atoms with van der Waals surface area (Å²) in [6, 6.07) is 31.3. The van der Waals surface area contributed by atoms with E-state index in [2.05, 4.69) is 59.5 Å². The number of nitrogens with zero attached hydrogens (tertiary/aromatic N) is 2. The summed E-state index contributed by atoms with van der Waals surface area (Å²) >= 11 is 1.59. The highest BCUT2D eigenvalue weighted by atomic mass is 32.1. The Morgan fingerprint density at radius 3 is 2.23 bits per heavy atom. The van der Waals surface area contributed by atoms with Crippen molar-refractivity contribution in [1.82, 2.24) is 4.90 Å². The second-order valence-electron chi connectivity index (χ2n) is 8.15. The van der Waals surface area contributed by atoms with E-state index in [1.807, 2.05) is 41.3 Å². The van der Waals surface area contributed by atoms with Crippen LogP contribution in [0, 0.1) is 0 Å². The van der Waals surface area contributed by atoms with E-state index in [1.165, 1.54) is 5.56 Å². The van der Waals surface area contributed by atoms with Gasteiger partial charge in [0.1, 0.15) is 0 Å². The molecule has 1 fully saturated rings. The Bertz CT molecular complexity index is 1110. The van der Waals surface area contributed by atoms with E-state index in [1.54, 1.807) is 11.3 Å². The largest absolute Gasteiger partial charge is 0.305 e. The molecule has 0 unspecified atom stereocenters. The molecular formula is C27H26N2OS. The highest BCUT2D eigenvalue weighted by Crippen LogP contribution is 2.31. The SMILES string of the molecule is O=C(c1cc2ccccc2s1)N(c1ccccc1)C1CCN(Cc2ccccc2)CC1. The van der Waals surface area contributed by atoms with Crippen LogP contribution in [0.2, 0.25) is 0 Å². The average Bonchev–Trinajstić information content (AvgIpc) is 3.26. The van der Waals surface area contributed by atoms with Crippen LogP contribution in [0.15, 0.2) is 91.0 Å². The molecule has 0 aliphatic carbocycles. The molecule has 5 rings (SSSR count). The lowest BCUT2D eigenvalue weighted by Gasteiger charge is -2.38. The lowest BCUT2D eigenvalue weighted by atomic mass is 10.0. The number of piperidine rings is 1. The molecule has 1 aliphatic heterocycles. The maximum atomic E-state index is 13.7. The van der Waals surface area contributed by atoms with Crippen molar-refractivity contribution in [3.05, 3.63) is 101 Å². The van der Waals surface area contributed by atoms with E-state index in [4.69, 9.17) is 0 Å². The summed E-state index contributed by atoms with van der Waals surface area (Å²) in [7, 11) is 0. The first-order chi connectivity index (χ1) is 15.3. The van der Waals surface area contributed by atoms with Crippen molar-refractivity contribution in [1.29, 1.82) is 0 Å². The molecule has 0 N–H and O–H groups in total. The predicted molar refractivity (Wildman–Crippen MR) is 130 cm³/mol. The predicted octanol–water partition coefficient (Wildman–Crippen LogP) is 6.21. The van der Waals surface area contributed by atoms with Gasteiger partial charge >= 0.3 is 0 Å². The summed E-state index contributed by atoms with van der Waals surface area (Å²) in [6.07, 6.45) is 1.97. The average molecular weight is 427 g/mol. The molecule has 0 spiro atoms. The number of hydrogen-bond donors (Lipinski definition) is 0. The number of amides is 1. The normalized spacial score (nSPS) is 15.2. The maximum Gasteiger partial charge on any atom is 0.268 e.